The van der Waals surface area contributed by atoms with Gasteiger partial charge in [-0.1, -0.05) is 36.4 Å². The summed E-state index contributed by atoms with van der Waals surface area (Å²) in [5, 5.41) is 2.90. The van der Waals surface area contributed by atoms with Gasteiger partial charge in [-0.3, -0.25) is 0 Å². The number of carbonyl (C=O) groups is 1. The van der Waals surface area contributed by atoms with Gasteiger partial charge in [0, 0.05) is 17.6 Å². The van der Waals surface area contributed by atoms with E-state index in [9.17, 15) is 9.18 Å². The molecule has 3 aromatic carbocycles. The third-order valence-electron chi connectivity index (χ3n) is 6.08. The average molecular weight is 442 g/mol. The van der Waals surface area contributed by atoms with E-state index in [4.69, 9.17) is 4.74 Å². The monoisotopic (exact) mass is 441 g/mol. The third-order valence-corrected chi connectivity index (χ3v) is 6.08. The van der Waals surface area contributed by atoms with E-state index in [-0.39, 0.29) is 17.9 Å². The molecule has 1 aromatic heterocycles. The molecule has 0 aliphatic carbocycles. The summed E-state index contributed by atoms with van der Waals surface area (Å²) in [6, 6.07) is 23.9. The number of hydrogen-bond donors (Lipinski definition) is 1. The van der Waals surface area contributed by atoms with Gasteiger partial charge in [0.25, 0.3) is 0 Å². The Morgan fingerprint density at radius 1 is 1.03 bits per heavy atom. The van der Waals surface area contributed by atoms with Crippen LogP contribution in [0.25, 0.3) is 5.69 Å². The molecule has 0 bridgehead atoms. The molecule has 0 radical (unpaired) electrons. The number of nitrogens with zero attached hydrogens (tertiary/aromatic N) is 2. The van der Waals surface area contributed by atoms with Gasteiger partial charge in [0.15, 0.2) is 0 Å². The van der Waals surface area contributed by atoms with Crippen molar-refractivity contribution in [2.45, 2.75) is 19.5 Å². The number of nitrogens with one attached hydrogen (secondary N) is 1. The summed E-state index contributed by atoms with van der Waals surface area (Å²) in [6.07, 6.45) is 2.02. The van der Waals surface area contributed by atoms with Crippen LogP contribution in [-0.4, -0.2) is 22.6 Å². The molecule has 33 heavy (non-hydrogen) atoms. The summed E-state index contributed by atoms with van der Waals surface area (Å²) in [6.45, 7) is 2.09. The zero-order valence-electron chi connectivity index (χ0n) is 18.5. The topological polar surface area (TPSA) is 46.5 Å². The number of aryl methyl sites for hydroxylation is 1. The summed E-state index contributed by atoms with van der Waals surface area (Å²) in [5.41, 5.74) is 4.93. The third kappa shape index (κ3) is 3.84. The molecule has 1 aliphatic heterocycles. The molecule has 1 atom stereocenters. The summed E-state index contributed by atoms with van der Waals surface area (Å²) in [7, 11) is 1.63. The van der Waals surface area contributed by atoms with Crippen LogP contribution in [0.3, 0.4) is 0 Å². The number of anilines is 1. The Kier molecular flexibility index (Phi) is 5.34. The highest BCUT2D eigenvalue weighted by Gasteiger charge is 2.33. The first-order valence-electron chi connectivity index (χ1n) is 10.8. The van der Waals surface area contributed by atoms with Crippen molar-refractivity contribution < 1.29 is 13.9 Å². The minimum atomic E-state index is -0.353. The number of fused-ring (bicyclic) bond motifs is 3. The number of carbonyl (C=O) groups excluding carboxylic acids is 1. The second kappa shape index (κ2) is 8.47. The fourth-order valence-corrected chi connectivity index (χ4v) is 4.34. The zero-order valence-corrected chi connectivity index (χ0v) is 18.5. The Balaban J connectivity index is 1.61. The van der Waals surface area contributed by atoms with Gasteiger partial charge < -0.3 is 19.5 Å². The van der Waals surface area contributed by atoms with Crippen LogP contribution in [0, 0.1) is 12.7 Å². The van der Waals surface area contributed by atoms with Crippen molar-refractivity contribution in [3.8, 4) is 11.4 Å². The lowest BCUT2D eigenvalue weighted by Crippen LogP contribution is -2.37. The predicted molar refractivity (Wildman–Crippen MR) is 126 cm³/mol. The van der Waals surface area contributed by atoms with E-state index in [0.717, 1.165) is 28.3 Å². The maximum absolute atomic E-state index is 14.1. The number of halogens is 1. The number of rotatable bonds is 3. The summed E-state index contributed by atoms with van der Waals surface area (Å²) in [5.74, 6) is 0.395. The average Bonchev–Trinajstić information content (AvgIpc) is 3.26. The number of methoxy groups -OCH3 is 1. The first-order valence-corrected chi connectivity index (χ1v) is 10.8. The van der Waals surface area contributed by atoms with Crippen LogP contribution in [0.5, 0.6) is 5.75 Å². The van der Waals surface area contributed by atoms with Crippen molar-refractivity contribution in [1.29, 1.82) is 0 Å². The normalized spacial score (nSPS) is 14.8. The summed E-state index contributed by atoms with van der Waals surface area (Å²) in [4.78, 5) is 15.4. The molecular weight excluding hydrogens is 417 g/mol. The first-order chi connectivity index (χ1) is 16.0. The van der Waals surface area contributed by atoms with Gasteiger partial charge in [0.1, 0.15) is 11.6 Å². The van der Waals surface area contributed by atoms with Gasteiger partial charge in [0.05, 0.1) is 25.4 Å². The maximum Gasteiger partial charge on any atom is 0.322 e. The van der Waals surface area contributed by atoms with Crippen LogP contribution in [0.15, 0.2) is 85.1 Å². The second-order valence-electron chi connectivity index (χ2n) is 8.13. The molecule has 0 saturated carbocycles. The van der Waals surface area contributed by atoms with Crippen LogP contribution in [0.2, 0.25) is 0 Å². The van der Waals surface area contributed by atoms with E-state index in [0.29, 0.717) is 17.8 Å². The Morgan fingerprint density at radius 3 is 2.58 bits per heavy atom. The number of benzene rings is 3. The van der Waals surface area contributed by atoms with Gasteiger partial charge in [-0.05, 0) is 66.1 Å². The molecule has 6 heteroatoms. The van der Waals surface area contributed by atoms with Crippen LogP contribution < -0.4 is 10.1 Å². The largest absolute Gasteiger partial charge is 0.497 e. The molecule has 2 heterocycles. The molecule has 4 aromatic rings. The van der Waals surface area contributed by atoms with Crippen molar-refractivity contribution in [2.75, 3.05) is 12.4 Å². The lowest BCUT2D eigenvalue weighted by Gasteiger charge is -2.31. The van der Waals surface area contributed by atoms with Crippen molar-refractivity contribution in [3.63, 3.8) is 0 Å². The minimum Gasteiger partial charge on any atom is -0.497 e. The van der Waals surface area contributed by atoms with Gasteiger partial charge in [0.2, 0.25) is 0 Å². The van der Waals surface area contributed by atoms with E-state index in [1.807, 2.05) is 60.8 Å². The Hall–Kier alpha value is -4.06. The quantitative estimate of drug-likeness (QED) is 0.419. The number of hydrogen-bond acceptors (Lipinski definition) is 2. The Morgan fingerprint density at radius 2 is 1.82 bits per heavy atom. The van der Waals surface area contributed by atoms with Crippen molar-refractivity contribution in [1.82, 2.24) is 9.47 Å². The molecule has 5 rings (SSSR count). The molecule has 2 amide bonds. The van der Waals surface area contributed by atoms with Crippen LogP contribution in [0.1, 0.15) is 28.4 Å². The predicted octanol–water partition coefficient (Wildman–Crippen LogP) is 6.07. The van der Waals surface area contributed by atoms with E-state index in [1.165, 1.54) is 6.07 Å². The first kappa shape index (κ1) is 20.8. The van der Waals surface area contributed by atoms with Gasteiger partial charge in [-0.2, -0.15) is 0 Å². The maximum atomic E-state index is 14.1. The molecular formula is C27H24FN3O2. The van der Waals surface area contributed by atoms with E-state index in [1.54, 1.807) is 31.1 Å². The Labute approximate surface area is 192 Å². The molecule has 0 saturated heterocycles. The highest BCUT2D eigenvalue weighted by Crippen LogP contribution is 2.37. The van der Waals surface area contributed by atoms with E-state index >= 15 is 0 Å². The zero-order chi connectivity index (χ0) is 22.9. The molecule has 0 unspecified atom stereocenters. The van der Waals surface area contributed by atoms with E-state index < -0.39 is 0 Å². The van der Waals surface area contributed by atoms with Crippen molar-refractivity contribution in [2.24, 2.45) is 0 Å². The fourth-order valence-electron chi connectivity index (χ4n) is 4.34. The number of para-hydroxylation sites is 1. The highest BCUT2D eigenvalue weighted by molar-refractivity contribution is 5.90. The second-order valence-corrected chi connectivity index (χ2v) is 8.13. The lowest BCUT2D eigenvalue weighted by molar-refractivity contribution is 0.194. The SMILES string of the molecule is COc1ccc([C@H]2c3cccn3-c3ccccc3CN2C(=O)Nc2ccc(C)c(F)c2)cc1. The molecule has 0 spiro atoms. The smallest absolute Gasteiger partial charge is 0.322 e. The van der Waals surface area contributed by atoms with Crippen LogP contribution in [-0.2, 0) is 6.54 Å². The Bertz CT molecular complexity index is 1310. The van der Waals surface area contributed by atoms with Crippen LogP contribution in [0.4, 0.5) is 14.9 Å². The summed E-state index contributed by atoms with van der Waals surface area (Å²) < 4.78 is 21.6. The fraction of sp³-hybridized carbons (Fsp3) is 0.148. The van der Waals surface area contributed by atoms with E-state index in [2.05, 4.69) is 16.0 Å². The number of urea groups is 1. The standard InChI is InChI=1S/C27H24FN3O2/c1-18-9-12-21(16-23(18)28)29-27(32)31-17-20-6-3-4-7-24(20)30-15-5-8-25(30)26(31)19-10-13-22(33-2)14-11-19/h3-16,26H,17H2,1-2H3,(H,29,32)/t26-/m0/s1. The van der Waals surface area contributed by atoms with Gasteiger partial charge in [-0.25, -0.2) is 9.18 Å². The molecule has 5 nitrogen and oxygen atoms in total. The molecule has 0 fully saturated rings. The molecule has 166 valence electrons. The molecule has 1 aliphatic rings. The minimum absolute atomic E-state index is 0.302. The number of ether oxygens (including phenoxy) is 1. The number of amides is 2. The summed E-state index contributed by atoms with van der Waals surface area (Å²) >= 11 is 0. The molecule has 1 N–H and O–H groups in total. The van der Waals surface area contributed by atoms with Crippen molar-refractivity contribution in [3.05, 3.63) is 113 Å². The van der Waals surface area contributed by atoms with Crippen molar-refractivity contribution >= 4 is 11.7 Å². The van der Waals surface area contributed by atoms with Crippen LogP contribution >= 0.6 is 0 Å². The van der Waals surface area contributed by atoms with Gasteiger partial charge >= 0.3 is 6.03 Å². The highest BCUT2D eigenvalue weighted by atomic mass is 19.1. The number of aromatic nitrogens is 1. The van der Waals surface area contributed by atoms with Gasteiger partial charge in [-0.15, -0.1) is 0 Å². The lowest BCUT2D eigenvalue weighted by atomic mass is 10.0.